The molecule has 0 atom stereocenters. The molecule has 1 aliphatic heterocycles. The fourth-order valence-electron chi connectivity index (χ4n) is 3.03. The molecule has 1 N–H and O–H groups in total. The monoisotopic (exact) mass is 278 g/mol. The predicted molar refractivity (Wildman–Crippen MR) is 83.5 cm³/mol. The van der Waals surface area contributed by atoms with Gasteiger partial charge in [0.15, 0.2) is 0 Å². The number of piperidine rings is 1. The molecule has 0 aliphatic carbocycles. The fraction of sp³-hybridized carbons (Fsp3) is 0.765. The van der Waals surface area contributed by atoms with Crippen molar-refractivity contribution in [3.05, 3.63) is 23.7 Å². The van der Waals surface area contributed by atoms with Crippen LogP contribution >= 0.6 is 0 Å². The first-order chi connectivity index (χ1) is 9.49. The van der Waals surface area contributed by atoms with Crippen LogP contribution in [0.5, 0.6) is 0 Å². The molecule has 20 heavy (non-hydrogen) atoms. The molecule has 0 saturated carbocycles. The molecule has 1 fully saturated rings. The van der Waals surface area contributed by atoms with E-state index in [1.54, 1.807) is 0 Å². The summed E-state index contributed by atoms with van der Waals surface area (Å²) >= 11 is 0. The van der Waals surface area contributed by atoms with Crippen LogP contribution in [-0.2, 0) is 13.1 Å². The van der Waals surface area contributed by atoms with E-state index in [0.717, 1.165) is 37.1 Å². The van der Waals surface area contributed by atoms with Gasteiger partial charge >= 0.3 is 0 Å². The van der Waals surface area contributed by atoms with Crippen LogP contribution in [0.2, 0.25) is 0 Å². The van der Waals surface area contributed by atoms with Gasteiger partial charge in [0.1, 0.15) is 11.5 Å². The second kappa shape index (κ2) is 6.77. The van der Waals surface area contributed by atoms with Crippen molar-refractivity contribution in [1.29, 1.82) is 0 Å². The maximum absolute atomic E-state index is 5.88. The number of rotatable bonds is 5. The second-order valence-corrected chi connectivity index (χ2v) is 7.06. The highest BCUT2D eigenvalue weighted by molar-refractivity contribution is 5.07. The molecule has 2 heterocycles. The molecule has 0 bridgehead atoms. The zero-order chi connectivity index (χ0) is 14.6. The second-order valence-electron chi connectivity index (χ2n) is 7.06. The average molecular weight is 278 g/mol. The molecular weight excluding hydrogens is 248 g/mol. The molecule has 0 aromatic carbocycles. The van der Waals surface area contributed by atoms with E-state index in [-0.39, 0.29) is 0 Å². The molecule has 1 aliphatic rings. The molecule has 3 nitrogen and oxygen atoms in total. The SMILES string of the molecule is CCNCc1ccc(CN2CCC(C(C)(C)C)CC2)o1. The maximum atomic E-state index is 5.88. The molecule has 1 aromatic rings. The number of nitrogens with one attached hydrogen (secondary N) is 1. The van der Waals surface area contributed by atoms with E-state index in [9.17, 15) is 0 Å². The minimum absolute atomic E-state index is 0.454. The fourth-order valence-corrected chi connectivity index (χ4v) is 3.03. The smallest absolute Gasteiger partial charge is 0.118 e. The van der Waals surface area contributed by atoms with Crippen LogP contribution in [0.25, 0.3) is 0 Å². The number of hydrogen-bond donors (Lipinski definition) is 1. The Morgan fingerprint density at radius 2 is 1.85 bits per heavy atom. The molecule has 1 saturated heterocycles. The summed E-state index contributed by atoms with van der Waals surface area (Å²) in [7, 11) is 0. The third-order valence-electron chi connectivity index (χ3n) is 4.46. The Kier molecular flexibility index (Phi) is 5.28. The number of hydrogen-bond acceptors (Lipinski definition) is 3. The molecule has 0 amide bonds. The van der Waals surface area contributed by atoms with Gasteiger partial charge in [0.2, 0.25) is 0 Å². The highest BCUT2D eigenvalue weighted by Crippen LogP contribution is 2.34. The lowest BCUT2D eigenvalue weighted by Crippen LogP contribution is -2.37. The molecule has 1 aromatic heterocycles. The van der Waals surface area contributed by atoms with Gasteiger partial charge in [0.25, 0.3) is 0 Å². The highest BCUT2D eigenvalue weighted by Gasteiger charge is 2.28. The minimum Gasteiger partial charge on any atom is -0.463 e. The zero-order valence-corrected chi connectivity index (χ0v) is 13.5. The standard InChI is InChI=1S/C17H30N2O/c1-5-18-12-15-6-7-16(20-15)13-19-10-8-14(9-11-19)17(2,3)4/h6-7,14,18H,5,8-13H2,1-4H3. The number of likely N-dealkylation sites (tertiary alicyclic amines) is 1. The zero-order valence-electron chi connectivity index (χ0n) is 13.5. The van der Waals surface area contributed by atoms with Crippen molar-refractivity contribution < 1.29 is 4.42 Å². The van der Waals surface area contributed by atoms with Crippen molar-refractivity contribution in [2.45, 2.75) is 53.6 Å². The van der Waals surface area contributed by atoms with Crippen LogP contribution in [0.1, 0.15) is 52.1 Å². The lowest BCUT2D eigenvalue weighted by atomic mass is 9.75. The normalized spacial score (nSPS) is 18.6. The third-order valence-corrected chi connectivity index (χ3v) is 4.46. The van der Waals surface area contributed by atoms with E-state index in [4.69, 9.17) is 4.42 Å². The van der Waals surface area contributed by atoms with E-state index in [2.05, 4.69) is 50.0 Å². The van der Waals surface area contributed by atoms with Crippen molar-refractivity contribution >= 4 is 0 Å². The van der Waals surface area contributed by atoms with Crippen LogP contribution in [0.4, 0.5) is 0 Å². The summed E-state index contributed by atoms with van der Waals surface area (Å²) in [5.74, 6) is 3.01. The summed E-state index contributed by atoms with van der Waals surface area (Å²) in [6.45, 7) is 14.4. The molecule has 3 heteroatoms. The lowest BCUT2D eigenvalue weighted by molar-refractivity contribution is 0.103. The number of nitrogens with zero attached hydrogens (tertiary/aromatic N) is 1. The van der Waals surface area contributed by atoms with Crippen LogP contribution in [-0.4, -0.2) is 24.5 Å². The van der Waals surface area contributed by atoms with Crippen molar-refractivity contribution in [1.82, 2.24) is 10.2 Å². The summed E-state index contributed by atoms with van der Waals surface area (Å²) in [6, 6.07) is 4.22. The van der Waals surface area contributed by atoms with Gasteiger partial charge in [-0.2, -0.15) is 0 Å². The Morgan fingerprint density at radius 1 is 1.20 bits per heavy atom. The molecule has 2 rings (SSSR count). The Balaban J connectivity index is 1.79. The number of furan rings is 1. The van der Waals surface area contributed by atoms with E-state index in [0.29, 0.717) is 5.41 Å². The Hall–Kier alpha value is -0.800. The lowest BCUT2D eigenvalue weighted by Gasteiger charge is -2.38. The summed E-state index contributed by atoms with van der Waals surface area (Å²) < 4.78 is 5.88. The Labute approximate surface area is 123 Å². The summed E-state index contributed by atoms with van der Waals surface area (Å²) in [4.78, 5) is 2.53. The molecular formula is C17H30N2O. The van der Waals surface area contributed by atoms with Gasteiger partial charge in [-0.25, -0.2) is 0 Å². The first-order valence-corrected chi connectivity index (χ1v) is 7.99. The van der Waals surface area contributed by atoms with Gasteiger partial charge < -0.3 is 9.73 Å². The molecule has 0 radical (unpaired) electrons. The van der Waals surface area contributed by atoms with Gasteiger partial charge in [-0.05, 0) is 55.9 Å². The van der Waals surface area contributed by atoms with E-state index in [1.807, 2.05) is 0 Å². The summed E-state index contributed by atoms with van der Waals surface area (Å²) in [5, 5.41) is 3.30. The molecule has 114 valence electrons. The topological polar surface area (TPSA) is 28.4 Å². The van der Waals surface area contributed by atoms with Gasteiger partial charge in [0.05, 0.1) is 13.1 Å². The van der Waals surface area contributed by atoms with Crippen LogP contribution < -0.4 is 5.32 Å². The predicted octanol–water partition coefficient (Wildman–Crippen LogP) is 3.65. The Morgan fingerprint density at radius 3 is 2.45 bits per heavy atom. The van der Waals surface area contributed by atoms with Gasteiger partial charge in [-0.3, -0.25) is 4.90 Å². The first kappa shape index (κ1) is 15.6. The van der Waals surface area contributed by atoms with Gasteiger partial charge in [-0.15, -0.1) is 0 Å². The summed E-state index contributed by atoms with van der Waals surface area (Å²) in [5.41, 5.74) is 0.454. The highest BCUT2D eigenvalue weighted by atomic mass is 16.3. The van der Waals surface area contributed by atoms with E-state index < -0.39 is 0 Å². The van der Waals surface area contributed by atoms with Gasteiger partial charge in [0, 0.05) is 0 Å². The minimum atomic E-state index is 0.454. The molecule has 0 spiro atoms. The largest absolute Gasteiger partial charge is 0.463 e. The van der Waals surface area contributed by atoms with Crippen LogP contribution in [0, 0.1) is 11.3 Å². The van der Waals surface area contributed by atoms with Crippen molar-refractivity contribution in [3.63, 3.8) is 0 Å². The quantitative estimate of drug-likeness (QED) is 0.891. The van der Waals surface area contributed by atoms with Crippen molar-refractivity contribution in [2.24, 2.45) is 11.3 Å². The summed E-state index contributed by atoms with van der Waals surface area (Å²) in [6.07, 6.45) is 2.63. The average Bonchev–Trinajstić information content (AvgIpc) is 2.83. The van der Waals surface area contributed by atoms with E-state index >= 15 is 0 Å². The van der Waals surface area contributed by atoms with Crippen LogP contribution in [0.3, 0.4) is 0 Å². The van der Waals surface area contributed by atoms with Gasteiger partial charge in [-0.1, -0.05) is 27.7 Å². The van der Waals surface area contributed by atoms with E-state index in [1.165, 1.54) is 25.9 Å². The van der Waals surface area contributed by atoms with Crippen LogP contribution in [0.15, 0.2) is 16.5 Å². The maximum Gasteiger partial charge on any atom is 0.118 e. The Bertz CT molecular complexity index is 397. The molecule has 0 unspecified atom stereocenters. The van der Waals surface area contributed by atoms with Crippen molar-refractivity contribution in [3.8, 4) is 0 Å². The van der Waals surface area contributed by atoms with Crippen molar-refractivity contribution in [2.75, 3.05) is 19.6 Å². The first-order valence-electron chi connectivity index (χ1n) is 7.99. The third kappa shape index (κ3) is 4.35.